The first-order chi connectivity index (χ1) is 39.4. The number of amides is 6. The Morgan fingerprint density at radius 3 is 2.06 bits per heavy atom. The zero-order chi connectivity index (χ0) is 63.1. The number of nitrogens with one attached hydrogen (secondary N) is 4. The molecule has 2 fully saturated rings. The molecule has 0 spiro atoms. The van der Waals surface area contributed by atoms with E-state index in [1.54, 1.807) is 65.6 Å². The molecule has 2 heterocycles. The highest BCUT2D eigenvalue weighted by atomic mass is 16.7. The summed E-state index contributed by atoms with van der Waals surface area (Å²) in [5.74, 6) is -5.70. The number of likely N-dealkylation sites (N-methyl/N-ethyl adjacent to an activating group) is 2. The largest absolute Gasteiger partial charge is 0.479 e. The van der Waals surface area contributed by atoms with Crippen LogP contribution < -0.4 is 26.0 Å². The third kappa shape index (κ3) is 18.8. The normalized spacial score (nSPS) is 22.3. The van der Waals surface area contributed by atoms with Crippen molar-refractivity contribution < 1.29 is 82.8 Å². The number of methoxy groups -OCH3 is 2. The molecule has 2 aromatic rings. The lowest BCUT2D eigenvalue weighted by Gasteiger charge is -2.41. The molecular weight excluding hydrogens is 1090 g/mol. The number of likely N-dealkylation sites (tertiary alicyclic amines) is 1. The lowest BCUT2D eigenvalue weighted by Crippen LogP contribution is -2.61. The Bertz CT molecular complexity index is 2500. The molecular formula is C60H95N7O17. The average molecular weight is 1190 g/mol. The van der Waals surface area contributed by atoms with E-state index in [0.717, 1.165) is 4.90 Å². The highest BCUT2D eigenvalue weighted by Crippen LogP contribution is 2.33. The first-order valence-corrected chi connectivity index (χ1v) is 29.0. The Morgan fingerprint density at radius 2 is 1.49 bits per heavy atom. The van der Waals surface area contributed by atoms with Crippen molar-refractivity contribution in [2.75, 3.05) is 46.7 Å². The van der Waals surface area contributed by atoms with Crippen molar-refractivity contribution in [3.8, 4) is 5.75 Å². The predicted molar refractivity (Wildman–Crippen MR) is 311 cm³/mol. The maximum absolute atomic E-state index is 14.8. The van der Waals surface area contributed by atoms with Gasteiger partial charge in [0.15, 0.2) is 6.10 Å². The number of ether oxygens (including phenoxy) is 5. The molecule has 4 rings (SSSR count). The summed E-state index contributed by atoms with van der Waals surface area (Å²) in [6, 6.07) is 9.31. The second-order valence-corrected chi connectivity index (χ2v) is 24.0. The van der Waals surface area contributed by atoms with Crippen molar-refractivity contribution in [1.82, 2.24) is 30.7 Å². The molecule has 472 valence electrons. The fraction of sp³-hybridized carbons (Fsp3) is 0.683. The van der Waals surface area contributed by atoms with Gasteiger partial charge in [-0.15, -0.1) is 0 Å². The lowest BCUT2D eigenvalue weighted by atomic mass is 9.89. The second kappa shape index (κ2) is 31.9. The van der Waals surface area contributed by atoms with E-state index >= 15 is 0 Å². The predicted octanol–water partition coefficient (Wildman–Crippen LogP) is 3.57. The van der Waals surface area contributed by atoms with Crippen LogP contribution in [0.5, 0.6) is 5.75 Å². The number of rotatable bonds is 29. The van der Waals surface area contributed by atoms with Gasteiger partial charge in [0.1, 0.15) is 42.8 Å². The Hall–Kier alpha value is -5.99. The summed E-state index contributed by atoms with van der Waals surface area (Å²) in [5.41, 5.74) is 0.696. The summed E-state index contributed by atoms with van der Waals surface area (Å²) >= 11 is 0. The molecule has 0 aliphatic carbocycles. The average Bonchev–Trinajstić information content (AvgIpc) is 2.86. The van der Waals surface area contributed by atoms with E-state index in [-0.39, 0.29) is 54.2 Å². The zero-order valence-electron chi connectivity index (χ0n) is 51.6. The molecule has 2 aromatic carbocycles. The van der Waals surface area contributed by atoms with E-state index in [1.165, 1.54) is 44.4 Å². The van der Waals surface area contributed by atoms with Crippen LogP contribution in [-0.4, -0.2) is 202 Å². The number of carbonyl (C=O) groups excluding carboxylic acids is 6. The monoisotopic (exact) mass is 1190 g/mol. The van der Waals surface area contributed by atoms with Crippen molar-refractivity contribution in [1.29, 1.82) is 0 Å². The summed E-state index contributed by atoms with van der Waals surface area (Å²) in [4.78, 5) is 101. The van der Waals surface area contributed by atoms with E-state index in [9.17, 15) is 59.1 Å². The van der Waals surface area contributed by atoms with Crippen molar-refractivity contribution >= 4 is 47.3 Å². The van der Waals surface area contributed by atoms with Crippen LogP contribution in [0.3, 0.4) is 0 Å². The van der Waals surface area contributed by atoms with Crippen molar-refractivity contribution in [2.45, 2.75) is 200 Å². The number of aliphatic hydroxyl groups excluding tert-OH is 4. The van der Waals surface area contributed by atoms with Gasteiger partial charge >= 0.3 is 12.1 Å². The maximum atomic E-state index is 14.8. The first kappa shape index (κ1) is 70.5. The molecule has 24 heteroatoms. The van der Waals surface area contributed by atoms with E-state index in [0.29, 0.717) is 43.5 Å². The van der Waals surface area contributed by atoms with E-state index in [4.69, 9.17) is 23.7 Å². The summed E-state index contributed by atoms with van der Waals surface area (Å²) in [7, 11) is 6.00. The van der Waals surface area contributed by atoms with Crippen LogP contribution in [0.4, 0.5) is 10.5 Å². The fourth-order valence-electron chi connectivity index (χ4n) is 10.8. The van der Waals surface area contributed by atoms with Crippen LogP contribution in [0.25, 0.3) is 0 Å². The van der Waals surface area contributed by atoms with Gasteiger partial charge in [0.2, 0.25) is 35.8 Å². The summed E-state index contributed by atoms with van der Waals surface area (Å²) in [6.45, 7) is 20.5. The molecule has 6 amide bonds. The minimum atomic E-state index is -1.97. The molecule has 24 nitrogen and oxygen atoms in total. The number of aliphatic carboxylic acids is 1. The number of carboxylic acid groups (broad SMARTS) is 1. The number of carbonyl (C=O) groups is 7. The van der Waals surface area contributed by atoms with Crippen LogP contribution in [0.15, 0.2) is 48.5 Å². The molecule has 0 aromatic heterocycles. The van der Waals surface area contributed by atoms with Gasteiger partial charge in [-0.1, -0.05) is 91.3 Å². The minimum absolute atomic E-state index is 0.00485. The third-order valence-electron chi connectivity index (χ3n) is 15.8. The SMILES string of the molecule is CC[C@H](C)[C@@H]([C@@H](CC(=O)N1CCC[C@H]1[C@H](OC)[C@@H](C)C(=O)N[C@H](C)[C@@H](O)c1ccccc1)OC)N(C)C(=O)[C@@H](NC(=O)[C@H](C(C)C)N(C)C(=O)OCc1ccc(O[C@@H]2O[C@H](C(=O)O)[C@@H](O)[C@H](O)[C@H]2O)c(NC(=O)CCNC(C)(C)C)c1)C(C)C. The van der Waals surface area contributed by atoms with Crippen molar-refractivity contribution in [3.63, 3.8) is 0 Å². The van der Waals surface area contributed by atoms with Gasteiger partial charge in [0, 0.05) is 53.4 Å². The highest BCUT2D eigenvalue weighted by Gasteiger charge is 2.49. The summed E-state index contributed by atoms with van der Waals surface area (Å²) in [6.07, 6.45) is -11.1. The molecule has 15 atom stereocenters. The Labute approximate surface area is 494 Å². The van der Waals surface area contributed by atoms with Gasteiger partial charge in [0.05, 0.1) is 54.5 Å². The zero-order valence-corrected chi connectivity index (χ0v) is 51.6. The number of hydrogen-bond acceptors (Lipinski definition) is 17. The number of benzene rings is 2. The number of nitrogens with zero attached hydrogens (tertiary/aromatic N) is 3. The molecule has 0 unspecified atom stereocenters. The van der Waals surface area contributed by atoms with Crippen LogP contribution in [0, 0.1) is 23.7 Å². The Kier molecular flexibility index (Phi) is 26.8. The maximum Gasteiger partial charge on any atom is 0.410 e. The van der Waals surface area contributed by atoms with E-state index in [1.807, 2.05) is 52.8 Å². The van der Waals surface area contributed by atoms with E-state index in [2.05, 4.69) is 21.3 Å². The van der Waals surface area contributed by atoms with Gasteiger partial charge in [-0.05, 0) is 81.5 Å². The Balaban J connectivity index is 1.49. The number of hydrogen-bond donors (Lipinski definition) is 9. The number of anilines is 1. The second-order valence-electron chi connectivity index (χ2n) is 24.0. The summed E-state index contributed by atoms with van der Waals surface area (Å²) in [5, 5.41) is 63.6. The molecule has 84 heavy (non-hydrogen) atoms. The molecule has 0 bridgehead atoms. The van der Waals surface area contributed by atoms with Gasteiger partial charge in [-0.25, -0.2) is 9.59 Å². The molecule has 0 saturated carbocycles. The van der Waals surface area contributed by atoms with Crippen LogP contribution in [0.1, 0.15) is 125 Å². The third-order valence-corrected chi connectivity index (χ3v) is 15.8. The lowest BCUT2D eigenvalue weighted by molar-refractivity contribution is -0.271. The first-order valence-electron chi connectivity index (χ1n) is 29.0. The number of carboxylic acids is 1. The number of aliphatic hydroxyl groups is 4. The minimum Gasteiger partial charge on any atom is -0.479 e. The van der Waals surface area contributed by atoms with Gasteiger partial charge in [-0.3, -0.25) is 28.9 Å². The molecule has 2 saturated heterocycles. The molecule has 2 aliphatic rings. The van der Waals surface area contributed by atoms with Crippen LogP contribution in [0.2, 0.25) is 0 Å². The molecule has 9 N–H and O–H groups in total. The van der Waals surface area contributed by atoms with Gasteiger partial charge in [-0.2, -0.15) is 0 Å². The van der Waals surface area contributed by atoms with Crippen molar-refractivity contribution in [3.05, 3.63) is 59.7 Å². The van der Waals surface area contributed by atoms with Crippen LogP contribution >= 0.6 is 0 Å². The summed E-state index contributed by atoms with van der Waals surface area (Å²) < 4.78 is 28.8. The van der Waals surface area contributed by atoms with Gasteiger partial charge < -0.3 is 80.3 Å². The quantitative estimate of drug-likeness (QED) is 0.0562. The molecule has 2 aliphatic heterocycles. The topological polar surface area (TPSA) is 325 Å². The smallest absolute Gasteiger partial charge is 0.410 e. The Morgan fingerprint density at radius 1 is 0.833 bits per heavy atom. The fourth-order valence-corrected chi connectivity index (χ4v) is 10.8. The standard InChI is InChI=1S/C60H95N7O17/c1-16-34(6)47(42(80-14)30-44(69)67-28-20-23-40(67)52(81-15)35(7)54(74)62-36(8)48(70)38-21-18-17-19-22-38)65(12)56(76)45(32(2)3)64-55(75)46(33(4)5)66(13)59(79)82-31-37-24-25-41(39(29-37)63-43(68)26-27-61-60(9,10)11)83-58-51(73)49(71)50(72)53(84-58)57(77)78/h17-19,21-22,24-25,29,32-36,40,42,45-53,58,61,70-73H,16,20,23,26-28,30-31H2,1-15H3,(H,62,74)(H,63,68)(H,64,75)(H,77,78)/t34-,35+,36+,40-,42+,45-,46-,47-,48+,49-,50-,51+,52+,53-,58+/m0/s1. The van der Waals surface area contributed by atoms with Gasteiger partial charge in [0.25, 0.3) is 0 Å². The van der Waals surface area contributed by atoms with E-state index < -0.39 is 127 Å². The molecule has 0 radical (unpaired) electrons. The highest BCUT2D eigenvalue weighted by molar-refractivity contribution is 5.93. The van der Waals surface area contributed by atoms with Crippen LogP contribution in [-0.2, 0) is 54.3 Å². The van der Waals surface area contributed by atoms with Crippen molar-refractivity contribution in [2.24, 2.45) is 23.7 Å².